The molecule has 34 heavy (non-hydrogen) atoms. The SMILES string of the molecule is CC(C)[C@@H]1CC[C@@H](C)C[C@H]1OC(I)CCCCO[C@H]1O[C@@H]2COC(C)(C)O[C@H]2[C@@H]2OC(=O)N[C@H]12. The number of hydrogen-bond acceptors (Lipinski definition) is 7. The number of nitrogens with one attached hydrogen (secondary N) is 1. The first-order valence-electron chi connectivity index (χ1n) is 13.0. The van der Waals surface area contributed by atoms with Crippen LogP contribution in [-0.4, -0.2) is 66.0 Å². The summed E-state index contributed by atoms with van der Waals surface area (Å²) in [6.45, 7) is 11.6. The number of carbonyl (C=O) groups excluding carboxylic acids is 1. The van der Waals surface area contributed by atoms with Gasteiger partial charge in [-0.3, -0.25) is 0 Å². The van der Waals surface area contributed by atoms with Crippen LogP contribution in [0, 0.1) is 17.8 Å². The summed E-state index contributed by atoms with van der Waals surface area (Å²) in [5.41, 5.74) is 0. The Bertz CT molecular complexity index is 692. The quantitative estimate of drug-likeness (QED) is 0.234. The molecule has 9 atom stereocenters. The van der Waals surface area contributed by atoms with Crippen molar-refractivity contribution in [3.05, 3.63) is 0 Å². The highest BCUT2D eigenvalue weighted by atomic mass is 127. The van der Waals surface area contributed by atoms with Gasteiger partial charge in [0.15, 0.2) is 18.2 Å². The molecule has 9 heteroatoms. The summed E-state index contributed by atoms with van der Waals surface area (Å²) in [4.78, 5) is 11.9. The molecule has 8 nitrogen and oxygen atoms in total. The van der Waals surface area contributed by atoms with Gasteiger partial charge in [-0.2, -0.15) is 0 Å². The molecule has 3 heterocycles. The number of unbranched alkanes of at least 4 members (excludes halogenated alkanes) is 1. The second-order valence-corrected chi connectivity index (χ2v) is 12.5. The van der Waals surface area contributed by atoms with E-state index in [1.54, 1.807) is 0 Å². The molecule has 196 valence electrons. The van der Waals surface area contributed by atoms with Gasteiger partial charge >= 0.3 is 6.09 Å². The summed E-state index contributed by atoms with van der Waals surface area (Å²) in [5, 5.41) is 2.83. The van der Waals surface area contributed by atoms with Crippen molar-refractivity contribution in [1.29, 1.82) is 0 Å². The first-order valence-corrected chi connectivity index (χ1v) is 14.2. The molecule has 1 unspecified atom stereocenters. The summed E-state index contributed by atoms with van der Waals surface area (Å²) < 4.78 is 36.2. The van der Waals surface area contributed by atoms with Gasteiger partial charge in [-0.15, -0.1) is 0 Å². The van der Waals surface area contributed by atoms with Gasteiger partial charge in [0.25, 0.3) is 0 Å². The molecule has 1 saturated carbocycles. The normalized spacial score (nSPS) is 40.3. The van der Waals surface area contributed by atoms with Crippen LogP contribution in [0.4, 0.5) is 4.79 Å². The summed E-state index contributed by atoms with van der Waals surface area (Å²) in [7, 11) is 0. The van der Waals surface area contributed by atoms with Crippen LogP contribution in [0.1, 0.15) is 73.1 Å². The lowest BCUT2D eigenvalue weighted by Crippen LogP contribution is -2.65. The molecule has 4 aliphatic rings. The van der Waals surface area contributed by atoms with E-state index in [4.69, 9.17) is 28.4 Å². The van der Waals surface area contributed by atoms with Crippen molar-refractivity contribution in [2.75, 3.05) is 13.2 Å². The molecule has 0 radical (unpaired) electrons. The zero-order valence-corrected chi connectivity index (χ0v) is 23.3. The zero-order chi connectivity index (χ0) is 24.5. The molecular weight excluding hydrogens is 553 g/mol. The average molecular weight is 596 g/mol. The van der Waals surface area contributed by atoms with E-state index in [1.165, 1.54) is 19.3 Å². The topological polar surface area (TPSA) is 84.5 Å². The molecule has 0 bridgehead atoms. The van der Waals surface area contributed by atoms with Crippen LogP contribution in [0.3, 0.4) is 0 Å². The maximum absolute atomic E-state index is 11.9. The fraction of sp³-hybridized carbons (Fsp3) is 0.960. The third-order valence-corrected chi connectivity index (χ3v) is 8.50. The predicted molar refractivity (Wildman–Crippen MR) is 135 cm³/mol. The van der Waals surface area contributed by atoms with Crippen molar-refractivity contribution < 1.29 is 33.2 Å². The lowest BCUT2D eigenvalue weighted by molar-refractivity contribution is -0.363. The minimum absolute atomic E-state index is 0.215. The van der Waals surface area contributed by atoms with Crippen LogP contribution < -0.4 is 5.32 Å². The van der Waals surface area contributed by atoms with E-state index in [2.05, 4.69) is 48.7 Å². The average Bonchev–Trinajstić information content (AvgIpc) is 3.15. The molecule has 1 amide bonds. The van der Waals surface area contributed by atoms with Gasteiger partial charge in [-0.05, 0) is 63.7 Å². The number of ether oxygens (including phenoxy) is 6. The second kappa shape index (κ2) is 11.5. The fourth-order valence-corrected chi connectivity index (χ4v) is 6.51. The van der Waals surface area contributed by atoms with Crippen LogP contribution in [-0.2, 0) is 28.4 Å². The van der Waals surface area contributed by atoms with Crippen LogP contribution in [0.15, 0.2) is 0 Å². The van der Waals surface area contributed by atoms with Crippen molar-refractivity contribution in [1.82, 2.24) is 5.32 Å². The summed E-state index contributed by atoms with van der Waals surface area (Å²) in [5.74, 6) is 1.35. The van der Waals surface area contributed by atoms with Crippen LogP contribution in [0.25, 0.3) is 0 Å². The number of alkyl carbamates (subject to hydrolysis) is 1. The Morgan fingerprint density at radius 2 is 2.00 bits per heavy atom. The minimum Gasteiger partial charge on any atom is -0.441 e. The highest BCUT2D eigenvalue weighted by Crippen LogP contribution is 2.38. The molecule has 3 aliphatic heterocycles. The van der Waals surface area contributed by atoms with Gasteiger partial charge in [-0.1, -0.05) is 49.8 Å². The molecule has 0 aromatic rings. The van der Waals surface area contributed by atoms with Crippen molar-refractivity contribution in [2.24, 2.45) is 17.8 Å². The van der Waals surface area contributed by atoms with E-state index in [0.29, 0.717) is 31.2 Å². The maximum Gasteiger partial charge on any atom is 0.408 e. The monoisotopic (exact) mass is 595 g/mol. The van der Waals surface area contributed by atoms with E-state index in [9.17, 15) is 4.79 Å². The summed E-state index contributed by atoms with van der Waals surface area (Å²) >= 11 is 2.45. The second-order valence-electron chi connectivity index (χ2n) is 11.2. The van der Waals surface area contributed by atoms with Crippen LogP contribution in [0.5, 0.6) is 0 Å². The fourth-order valence-electron chi connectivity index (χ4n) is 5.69. The summed E-state index contributed by atoms with van der Waals surface area (Å²) in [6.07, 6.45) is 4.88. The first kappa shape index (κ1) is 26.9. The molecular formula is C25H42INO7. The number of amides is 1. The maximum atomic E-state index is 11.9. The van der Waals surface area contributed by atoms with Crippen molar-refractivity contribution >= 4 is 28.7 Å². The van der Waals surface area contributed by atoms with Crippen molar-refractivity contribution in [3.63, 3.8) is 0 Å². The van der Waals surface area contributed by atoms with Gasteiger partial charge in [0.1, 0.15) is 22.4 Å². The number of alkyl halides is 1. The highest BCUT2D eigenvalue weighted by molar-refractivity contribution is 14.1. The lowest BCUT2D eigenvalue weighted by atomic mass is 9.75. The number of hydrogen-bond donors (Lipinski definition) is 1. The van der Waals surface area contributed by atoms with Crippen LogP contribution in [0.2, 0.25) is 0 Å². The molecule has 1 N–H and O–H groups in total. The summed E-state index contributed by atoms with van der Waals surface area (Å²) in [6, 6.07) is -0.385. The van der Waals surface area contributed by atoms with E-state index in [-0.39, 0.29) is 22.4 Å². The Balaban J connectivity index is 1.20. The largest absolute Gasteiger partial charge is 0.441 e. The lowest BCUT2D eigenvalue weighted by Gasteiger charge is -2.48. The predicted octanol–water partition coefficient (Wildman–Crippen LogP) is 4.77. The standard InChI is InChI=1S/C25H42INO7/c1-14(2)16-10-9-15(3)12-17(16)31-19(26)8-6-7-11-29-23-20-22(33-24(28)27-20)21-18(32-23)13-30-25(4,5)34-21/h14-23H,6-13H2,1-5H3,(H,27,28)/t15-,16+,17-,18-,19?,20+,21-,22-,23+/m1/s1. The smallest absolute Gasteiger partial charge is 0.408 e. The van der Waals surface area contributed by atoms with Gasteiger partial charge < -0.3 is 33.7 Å². The van der Waals surface area contributed by atoms with Gasteiger partial charge in [0.05, 0.1) is 12.7 Å². The van der Waals surface area contributed by atoms with Gasteiger partial charge in [-0.25, -0.2) is 4.79 Å². The van der Waals surface area contributed by atoms with Crippen molar-refractivity contribution in [2.45, 2.75) is 120 Å². The molecule has 4 rings (SSSR count). The molecule has 1 aliphatic carbocycles. The minimum atomic E-state index is -0.735. The van der Waals surface area contributed by atoms with Gasteiger partial charge in [0.2, 0.25) is 0 Å². The molecule has 0 aromatic heterocycles. The van der Waals surface area contributed by atoms with Crippen LogP contribution >= 0.6 is 22.6 Å². The van der Waals surface area contributed by atoms with Crippen molar-refractivity contribution in [3.8, 4) is 0 Å². The Labute approximate surface area is 217 Å². The van der Waals surface area contributed by atoms with Gasteiger partial charge in [0, 0.05) is 6.61 Å². The third kappa shape index (κ3) is 6.56. The highest BCUT2D eigenvalue weighted by Gasteiger charge is 2.56. The van der Waals surface area contributed by atoms with E-state index < -0.39 is 24.3 Å². The first-order chi connectivity index (χ1) is 16.1. The molecule has 3 saturated heterocycles. The number of rotatable bonds is 9. The zero-order valence-electron chi connectivity index (χ0n) is 21.2. The third-order valence-electron chi connectivity index (χ3n) is 7.58. The Kier molecular flexibility index (Phi) is 9.05. The molecule has 0 aromatic carbocycles. The Morgan fingerprint density at radius 3 is 2.76 bits per heavy atom. The molecule has 0 spiro atoms. The number of carbonyl (C=O) groups is 1. The molecule has 4 fully saturated rings. The Morgan fingerprint density at radius 1 is 1.21 bits per heavy atom. The van der Waals surface area contributed by atoms with E-state index in [0.717, 1.165) is 25.2 Å². The Hall–Kier alpha value is -0.200. The van der Waals surface area contributed by atoms with E-state index >= 15 is 0 Å². The number of fused-ring (bicyclic) bond motifs is 3. The van der Waals surface area contributed by atoms with E-state index in [1.807, 2.05) is 13.8 Å². The number of halogens is 1.